The molecular formula is C32H57N2O7S+. The molecule has 42 heavy (non-hydrogen) atoms. The molecule has 0 aromatic carbocycles. The molecule has 3 fully saturated rings. The number of quaternary nitrogens is 1. The van der Waals surface area contributed by atoms with Gasteiger partial charge in [-0.3, -0.25) is 9.35 Å². The molecule has 0 saturated heterocycles. The molecule has 0 bridgehead atoms. The van der Waals surface area contributed by atoms with E-state index in [-0.39, 0.29) is 52.1 Å². The molecule has 9 nitrogen and oxygen atoms in total. The van der Waals surface area contributed by atoms with Crippen LogP contribution in [0.1, 0.15) is 78.6 Å². The van der Waals surface area contributed by atoms with Gasteiger partial charge < -0.3 is 25.1 Å². The van der Waals surface area contributed by atoms with E-state index in [9.17, 15) is 28.5 Å². The van der Waals surface area contributed by atoms with Gasteiger partial charge in [0.05, 0.1) is 51.2 Å². The van der Waals surface area contributed by atoms with Gasteiger partial charge in [-0.15, -0.1) is 0 Å². The summed E-state index contributed by atoms with van der Waals surface area (Å²) in [5.41, 5.74) is -0.389. The Hall–Kier alpha value is -1.04. The molecule has 242 valence electrons. The van der Waals surface area contributed by atoms with E-state index in [1.807, 2.05) is 20.2 Å². The summed E-state index contributed by atoms with van der Waals surface area (Å²) in [6.07, 6.45) is 9.27. The van der Waals surface area contributed by atoms with Crippen molar-refractivity contribution in [1.82, 2.24) is 5.32 Å². The summed E-state index contributed by atoms with van der Waals surface area (Å²) in [5, 5.41) is 36.5. The van der Waals surface area contributed by atoms with Crippen LogP contribution in [0, 0.1) is 46.3 Å². The third-order valence-corrected chi connectivity index (χ3v) is 13.1. The van der Waals surface area contributed by atoms with E-state index in [2.05, 4.69) is 32.2 Å². The van der Waals surface area contributed by atoms with Gasteiger partial charge in [0.25, 0.3) is 10.1 Å². The van der Waals surface area contributed by atoms with Crippen molar-refractivity contribution in [3.05, 3.63) is 12.2 Å². The van der Waals surface area contributed by atoms with Gasteiger partial charge in [-0.25, -0.2) is 0 Å². The molecule has 0 spiro atoms. The van der Waals surface area contributed by atoms with Crippen molar-refractivity contribution in [1.29, 1.82) is 0 Å². The molecule has 4 aliphatic carbocycles. The Morgan fingerprint density at radius 1 is 1.05 bits per heavy atom. The quantitative estimate of drug-likeness (QED) is 0.0985. The molecule has 11 atom stereocenters. The van der Waals surface area contributed by atoms with E-state index in [1.165, 1.54) is 0 Å². The van der Waals surface area contributed by atoms with Crippen molar-refractivity contribution in [2.24, 2.45) is 46.3 Å². The van der Waals surface area contributed by atoms with Crippen molar-refractivity contribution < 1.29 is 37.6 Å². The monoisotopic (exact) mass is 613 g/mol. The van der Waals surface area contributed by atoms with Gasteiger partial charge in [0.15, 0.2) is 0 Å². The highest BCUT2D eigenvalue weighted by Gasteiger charge is 2.65. The first-order valence-electron chi connectivity index (χ1n) is 16.3. The van der Waals surface area contributed by atoms with Crippen LogP contribution in [0.15, 0.2) is 12.2 Å². The first-order chi connectivity index (χ1) is 19.5. The average molecular weight is 614 g/mol. The molecule has 0 radical (unpaired) electrons. The number of hydrogen-bond acceptors (Lipinski definition) is 6. The van der Waals surface area contributed by atoms with E-state index in [4.69, 9.17) is 4.55 Å². The fourth-order valence-corrected chi connectivity index (χ4v) is 10.4. The van der Waals surface area contributed by atoms with E-state index in [1.54, 1.807) is 0 Å². The maximum atomic E-state index is 12.7. The van der Waals surface area contributed by atoms with Gasteiger partial charge in [-0.2, -0.15) is 8.42 Å². The third kappa shape index (κ3) is 7.09. The fraction of sp³-hybridized carbons (Fsp3) is 0.906. The second-order valence-electron chi connectivity index (χ2n) is 15.4. The fourth-order valence-electron chi connectivity index (χ4n) is 9.87. The summed E-state index contributed by atoms with van der Waals surface area (Å²) in [6.45, 7) is 8.74. The average Bonchev–Trinajstić information content (AvgIpc) is 3.24. The normalized spacial score (nSPS) is 40.6. The Labute approximate surface area is 253 Å². The number of allylic oxidation sites excluding steroid dienone is 1. The predicted molar refractivity (Wildman–Crippen MR) is 163 cm³/mol. The molecule has 0 aromatic rings. The minimum atomic E-state index is -3.93. The van der Waals surface area contributed by atoms with Crippen LogP contribution >= 0.6 is 0 Å². The number of aliphatic hydroxyl groups is 3. The van der Waals surface area contributed by atoms with Crippen molar-refractivity contribution in [2.45, 2.75) is 96.9 Å². The molecule has 3 saturated carbocycles. The standard InChI is InChI=1S/C32H56N2O7S/c1-21(8-11-29(38)33-14-6-15-34(4,5)16-7-17-42(39,40)41)24-9-10-25-30-26(20-28(37)32(24,25)3)31(2)13-12-23(35)18-22(31)19-27(30)36/h12-13,21-28,30,35-37H,6-11,14-20H2,1-5H3,(H-,33,38,39,40,41)/p+1/t21-,22+,23-,24-,25+,26+,27-,28+,30+,31+,32-/m1/s1. The number of amides is 1. The smallest absolute Gasteiger partial charge is 0.265 e. The van der Waals surface area contributed by atoms with Gasteiger partial charge in [0.1, 0.15) is 0 Å². The second-order valence-corrected chi connectivity index (χ2v) is 16.9. The highest BCUT2D eigenvalue weighted by atomic mass is 32.2. The number of rotatable bonds is 12. The maximum absolute atomic E-state index is 12.7. The third-order valence-electron chi connectivity index (χ3n) is 12.3. The second kappa shape index (κ2) is 12.8. The lowest BCUT2D eigenvalue weighted by Gasteiger charge is -2.62. The summed E-state index contributed by atoms with van der Waals surface area (Å²) in [5.74, 6) is 1.22. The summed E-state index contributed by atoms with van der Waals surface area (Å²) in [6, 6.07) is 0. The lowest BCUT2D eigenvalue weighted by Crippen LogP contribution is -2.61. The number of hydrogen-bond donors (Lipinski definition) is 5. The Balaban J connectivity index is 1.28. The Morgan fingerprint density at radius 3 is 2.43 bits per heavy atom. The topological polar surface area (TPSA) is 144 Å². The lowest BCUT2D eigenvalue weighted by atomic mass is 9.44. The van der Waals surface area contributed by atoms with Crippen molar-refractivity contribution in [2.75, 3.05) is 39.5 Å². The number of nitrogens with zero attached hydrogens (tertiary/aromatic N) is 1. The van der Waals surface area contributed by atoms with Crippen LogP contribution < -0.4 is 5.32 Å². The van der Waals surface area contributed by atoms with Crippen LogP contribution in [0.4, 0.5) is 0 Å². The first kappa shape index (κ1) is 33.8. The molecule has 10 heteroatoms. The van der Waals surface area contributed by atoms with Crippen LogP contribution in [-0.2, 0) is 14.9 Å². The summed E-state index contributed by atoms with van der Waals surface area (Å²) >= 11 is 0. The minimum Gasteiger partial charge on any atom is -0.393 e. The van der Waals surface area contributed by atoms with Gasteiger partial charge in [0.2, 0.25) is 5.91 Å². The molecule has 0 aliphatic heterocycles. The van der Waals surface area contributed by atoms with Crippen LogP contribution in [0.5, 0.6) is 0 Å². The largest absolute Gasteiger partial charge is 0.393 e. The molecule has 1 amide bonds. The van der Waals surface area contributed by atoms with Gasteiger partial charge >= 0.3 is 0 Å². The number of fused-ring (bicyclic) bond motifs is 5. The van der Waals surface area contributed by atoms with E-state index >= 15 is 0 Å². The number of carbonyl (C=O) groups excluding carboxylic acids is 1. The maximum Gasteiger partial charge on any atom is 0.265 e. The molecule has 4 aliphatic rings. The van der Waals surface area contributed by atoms with E-state index in [0.29, 0.717) is 55.6 Å². The first-order valence-corrected chi connectivity index (χ1v) is 17.9. The zero-order chi connectivity index (χ0) is 31.1. The number of aliphatic hydroxyl groups excluding tert-OH is 3. The van der Waals surface area contributed by atoms with Crippen LogP contribution in [0.3, 0.4) is 0 Å². The molecule has 0 heterocycles. The van der Waals surface area contributed by atoms with Gasteiger partial charge in [-0.1, -0.05) is 32.9 Å². The Bertz CT molecular complexity index is 1100. The summed E-state index contributed by atoms with van der Waals surface area (Å²) in [7, 11) is 0.105. The summed E-state index contributed by atoms with van der Waals surface area (Å²) < 4.78 is 31.5. The molecular weight excluding hydrogens is 556 g/mol. The van der Waals surface area contributed by atoms with Crippen LogP contribution in [0.2, 0.25) is 0 Å². The van der Waals surface area contributed by atoms with Gasteiger partial charge in [0, 0.05) is 25.8 Å². The lowest BCUT2D eigenvalue weighted by molar-refractivity contribution is -0.890. The van der Waals surface area contributed by atoms with Crippen LogP contribution in [0.25, 0.3) is 0 Å². The van der Waals surface area contributed by atoms with E-state index < -0.39 is 28.4 Å². The summed E-state index contributed by atoms with van der Waals surface area (Å²) in [4.78, 5) is 12.7. The molecule has 5 N–H and O–H groups in total. The van der Waals surface area contributed by atoms with E-state index in [0.717, 1.165) is 32.2 Å². The van der Waals surface area contributed by atoms with Crippen molar-refractivity contribution >= 4 is 16.0 Å². The SMILES string of the molecule is C[C@H](CCC(=O)NCCC[N+](C)(C)CCCS(=O)(=O)O)[C@H]1CC[C@H]2[C@@H]3[C@H](O)C[C@@H]4C[C@H](O)C=C[C@]4(C)[C@H]3C[C@H](O)[C@]12C. The highest BCUT2D eigenvalue weighted by Crippen LogP contribution is 2.67. The molecule has 0 aromatic heterocycles. The zero-order valence-electron chi connectivity index (χ0n) is 26.4. The highest BCUT2D eigenvalue weighted by molar-refractivity contribution is 7.85. The Morgan fingerprint density at radius 2 is 1.74 bits per heavy atom. The Kier molecular flexibility index (Phi) is 10.3. The van der Waals surface area contributed by atoms with Crippen molar-refractivity contribution in [3.63, 3.8) is 0 Å². The zero-order valence-corrected chi connectivity index (χ0v) is 27.2. The van der Waals surface area contributed by atoms with Crippen LogP contribution in [-0.4, -0.2) is 96.5 Å². The van der Waals surface area contributed by atoms with Gasteiger partial charge in [-0.05, 0) is 84.9 Å². The molecule has 4 rings (SSSR count). The van der Waals surface area contributed by atoms with Crippen molar-refractivity contribution in [3.8, 4) is 0 Å². The number of carbonyl (C=O) groups is 1. The minimum absolute atomic E-state index is 0.0374. The predicted octanol–water partition coefficient (Wildman–Crippen LogP) is 3.00. The molecule has 0 unspecified atom stereocenters. The number of nitrogens with one attached hydrogen (secondary N) is 1.